The molecule has 2 atom stereocenters. The summed E-state index contributed by atoms with van der Waals surface area (Å²) < 4.78 is 5.22. The molecular weight excluding hydrogens is 242 g/mol. The molecule has 1 aromatic carbocycles. The van der Waals surface area contributed by atoms with Gasteiger partial charge in [-0.25, -0.2) is 0 Å². The molecule has 0 radical (unpaired) electrons. The molecule has 1 heterocycles. The molecule has 4 nitrogen and oxygen atoms in total. The number of amides is 2. The molecule has 1 saturated heterocycles. The van der Waals surface area contributed by atoms with E-state index in [9.17, 15) is 9.59 Å². The van der Waals surface area contributed by atoms with Crippen molar-refractivity contribution in [2.45, 2.75) is 18.3 Å². The highest BCUT2D eigenvalue weighted by molar-refractivity contribution is 6.11. The minimum atomic E-state index is -0.764. The van der Waals surface area contributed by atoms with Crippen LogP contribution in [0.15, 0.2) is 36.4 Å². The second kappa shape index (κ2) is 4.23. The normalized spacial score (nSPS) is 29.0. The Morgan fingerprint density at radius 1 is 1.32 bits per heavy atom. The summed E-state index contributed by atoms with van der Waals surface area (Å²) in [5.74, 6) is 0.0294. The van der Waals surface area contributed by atoms with Crippen LogP contribution < -0.4 is 10.1 Å². The number of methoxy groups -OCH3 is 1. The van der Waals surface area contributed by atoms with E-state index in [1.54, 1.807) is 7.11 Å². The van der Waals surface area contributed by atoms with Crippen LogP contribution in [0.5, 0.6) is 5.75 Å². The number of nitrogens with one attached hydrogen (secondary N) is 1. The molecule has 98 valence electrons. The van der Waals surface area contributed by atoms with Gasteiger partial charge in [0.05, 0.1) is 18.4 Å². The maximum atomic E-state index is 12.3. The lowest BCUT2D eigenvalue weighted by Crippen LogP contribution is -2.40. The molecule has 0 saturated carbocycles. The molecule has 4 heteroatoms. The minimum Gasteiger partial charge on any atom is -0.497 e. The lowest BCUT2D eigenvalue weighted by Gasteiger charge is -2.33. The van der Waals surface area contributed by atoms with E-state index >= 15 is 0 Å². The van der Waals surface area contributed by atoms with Crippen LogP contribution in [-0.4, -0.2) is 18.9 Å². The van der Waals surface area contributed by atoms with Gasteiger partial charge in [-0.3, -0.25) is 14.9 Å². The first-order chi connectivity index (χ1) is 9.18. The zero-order valence-corrected chi connectivity index (χ0v) is 10.7. The Labute approximate surface area is 111 Å². The van der Waals surface area contributed by atoms with Crippen LogP contribution in [0.3, 0.4) is 0 Å². The maximum Gasteiger partial charge on any atom is 0.238 e. The summed E-state index contributed by atoms with van der Waals surface area (Å²) in [7, 11) is 1.59. The first-order valence-corrected chi connectivity index (χ1v) is 6.33. The fourth-order valence-corrected chi connectivity index (χ4v) is 3.09. The lowest BCUT2D eigenvalue weighted by molar-refractivity contribution is -0.126. The number of carbonyl (C=O) groups excluding carboxylic acids is 2. The average Bonchev–Trinajstić information content (AvgIpc) is 2.72. The Hall–Kier alpha value is -2.10. The van der Waals surface area contributed by atoms with E-state index in [0.717, 1.165) is 5.56 Å². The highest BCUT2D eigenvalue weighted by atomic mass is 16.5. The van der Waals surface area contributed by atoms with Crippen LogP contribution in [0.25, 0.3) is 0 Å². The number of rotatable bonds is 2. The number of carbonyl (C=O) groups is 2. The molecule has 1 aromatic rings. The lowest BCUT2D eigenvalue weighted by atomic mass is 9.66. The fraction of sp³-hybridized carbons (Fsp3) is 0.333. The average molecular weight is 257 g/mol. The van der Waals surface area contributed by atoms with Gasteiger partial charge in [0.15, 0.2) is 0 Å². The molecule has 1 fully saturated rings. The van der Waals surface area contributed by atoms with Crippen LogP contribution >= 0.6 is 0 Å². The van der Waals surface area contributed by atoms with Gasteiger partial charge in [-0.1, -0.05) is 24.3 Å². The zero-order valence-electron chi connectivity index (χ0n) is 10.7. The van der Waals surface area contributed by atoms with E-state index in [1.807, 2.05) is 36.4 Å². The summed E-state index contributed by atoms with van der Waals surface area (Å²) in [6.45, 7) is 0. The predicted molar refractivity (Wildman–Crippen MR) is 69.7 cm³/mol. The summed E-state index contributed by atoms with van der Waals surface area (Å²) in [5.41, 5.74) is 0.0879. The summed E-state index contributed by atoms with van der Waals surface area (Å²) in [4.78, 5) is 24.3. The van der Waals surface area contributed by atoms with Crippen LogP contribution in [-0.2, 0) is 15.0 Å². The van der Waals surface area contributed by atoms with Crippen molar-refractivity contribution in [3.8, 4) is 5.75 Å². The SMILES string of the molecule is COc1cccc(C23CC=CCC2C(=O)NC3=O)c1. The standard InChI is InChI=1S/C15H15NO3/c1-19-11-6-4-5-10(9-11)15-8-3-2-7-12(15)13(17)16-14(15)18/h2-6,9,12H,7-8H2,1H3,(H,16,17,18). The highest BCUT2D eigenvalue weighted by Crippen LogP contribution is 2.45. The highest BCUT2D eigenvalue weighted by Gasteiger charge is 2.56. The molecule has 0 bridgehead atoms. The van der Waals surface area contributed by atoms with Gasteiger partial charge >= 0.3 is 0 Å². The van der Waals surface area contributed by atoms with Crippen molar-refractivity contribution in [3.05, 3.63) is 42.0 Å². The first kappa shape index (κ1) is 12.0. The number of benzene rings is 1. The van der Waals surface area contributed by atoms with Gasteiger partial charge in [0.1, 0.15) is 5.75 Å². The van der Waals surface area contributed by atoms with Crippen LogP contribution in [0, 0.1) is 5.92 Å². The van der Waals surface area contributed by atoms with Crippen molar-refractivity contribution in [1.29, 1.82) is 0 Å². The fourth-order valence-electron chi connectivity index (χ4n) is 3.09. The summed E-state index contributed by atoms with van der Waals surface area (Å²) >= 11 is 0. The number of ether oxygens (including phenoxy) is 1. The van der Waals surface area contributed by atoms with Crippen molar-refractivity contribution >= 4 is 11.8 Å². The van der Waals surface area contributed by atoms with Crippen LogP contribution in [0.1, 0.15) is 18.4 Å². The second-order valence-corrected chi connectivity index (χ2v) is 4.99. The molecular formula is C15H15NO3. The minimum absolute atomic E-state index is 0.169. The third-order valence-corrected chi connectivity index (χ3v) is 4.12. The molecule has 0 spiro atoms. The molecule has 19 heavy (non-hydrogen) atoms. The quantitative estimate of drug-likeness (QED) is 0.646. The van der Waals surface area contributed by atoms with Crippen molar-refractivity contribution in [2.24, 2.45) is 5.92 Å². The molecule has 1 aliphatic heterocycles. The smallest absolute Gasteiger partial charge is 0.238 e. The van der Waals surface area contributed by atoms with Crippen molar-refractivity contribution in [2.75, 3.05) is 7.11 Å². The third kappa shape index (κ3) is 1.59. The monoisotopic (exact) mass is 257 g/mol. The van der Waals surface area contributed by atoms with E-state index in [1.165, 1.54) is 0 Å². The Kier molecular flexibility index (Phi) is 2.66. The maximum absolute atomic E-state index is 12.3. The van der Waals surface area contributed by atoms with Gasteiger partial charge in [-0.2, -0.15) is 0 Å². The second-order valence-electron chi connectivity index (χ2n) is 4.99. The molecule has 3 rings (SSSR count). The van der Waals surface area contributed by atoms with Crippen molar-refractivity contribution in [3.63, 3.8) is 0 Å². The Balaban J connectivity index is 2.15. The van der Waals surface area contributed by atoms with Crippen LogP contribution in [0.4, 0.5) is 0 Å². The molecule has 0 aromatic heterocycles. The number of fused-ring (bicyclic) bond motifs is 1. The van der Waals surface area contributed by atoms with E-state index in [-0.39, 0.29) is 17.7 Å². The topological polar surface area (TPSA) is 55.4 Å². The van der Waals surface area contributed by atoms with Gasteiger partial charge in [0, 0.05) is 0 Å². The van der Waals surface area contributed by atoms with E-state index in [4.69, 9.17) is 4.74 Å². The summed E-state index contributed by atoms with van der Waals surface area (Å²) in [6, 6.07) is 7.44. The van der Waals surface area contributed by atoms with E-state index in [0.29, 0.717) is 18.6 Å². The van der Waals surface area contributed by atoms with Gasteiger partial charge in [0.25, 0.3) is 0 Å². The van der Waals surface area contributed by atoms with E-state index < -0.39 is 5.41 Å². The largest absolute Gasteiger partial charge is 0.497 e. The number of hydrogen-bond donors (Lipinski definition) is 1. The Morgan fingerprint density at radius 2 is 2.16 bits per heavy atom. The van der Waals surface area contributed by atoms with Gasteiger partial charge < -0.3 is 4.74 Å². The predicted octanol–water partition coefficient (Wildman–Crippen LogP) is 1.56. The first-order valence-electron chi connectivity index (χ1n) is 6.33. The Bertz CT molecular complexity index is 579. The van der Waals surface area contributed by atoms with Gasteiger partial charge in [-0.05, 0) is 30.5 Å². The number of hydrogen-bond acceptors (Lipinski definition) is 3. The molecule has 1 N–H and O–H groups in total. The molecule has 1 aliphatic carbocycles. The third-order valence-electron chi connectivity index (χ3n) is 4.12. The van der Waals surface area contributed by atoms with Crippen LogP contribution in [0.2, 0.25) is 0 Å². The number of allylic oxidation sites excluding steroid dienone is 2. The molecule has 2 aliphatic rings. The van der Waals surface area contributed by atoms with Gasteiger partial charge in [0.2, 0.25) is 11.8 Å². The van der Waals surface area contributed by atoms with E-state index in [2.05, 4.69) is 5.32 Å². The molecule has 2 amide bonds. The Morgan fingerprint density at radius 3 is 2.95 bits per heavy atom. The van der Waals surface area contributed by atoms with Gasteiger partial charge in [-0.15, -0.1) is 0 Å². The zero-order chi connectivity index (χ0) is 13.5. The number of imide groups is 1. The van der Waals surface area contributed by atoms with Crippen molar-refractivity contribution in [1.82, 2.24) is 5.32 Å². The molecule has 2 unspecified atom stereocenters. The summed E-state index contributed by atoms with van der Waals surface area (Å²) in [6.07, 6.45) is 5.12. The summed E-state index contributed by atoms with van der Waals surface area (Å²) in [5, 5.41) is 2.48. The van der Waals surface area contributed by atoms with Crippen molar-refractivity contribution < 1.29 is 14.3 Å².